The van der Waals surface area contributed by atoms with Gasteiger partial charge in [-0.2, -0.15) is 0 Å². The molecule has 1 unspecified atom stereocenters. The van der Waals surface area contributed by atoms with E-state index in [0.717, 1.165) is 0 Å². The van der Waals surface area contributed by atoms with Crippen molar-refractivity contribution in [1.82, 2.24) is 0 Å². The molecule has 0 radical (unpaired) electrons. The van der Waals surface area contributed by atoms with Crippen molar-refractivity contribution < 1.29 is 9.50 Å². The molecule has 1 heterocycles. The van der Waals surface area contributed by atoms with E-state index < -0.39 is 12.0 Å². The average Bonchev–Trinajstić information content (AvgIpc) is 2.39. The maximum absolute atomic E-state index is 13.7. The molecule has 0 aliphatic carbocycles. The van der Waals surface area contributed by atoms with Gasteiger partial charge in [-0.15, -0.1) is 0 Å². The lowest BCUT2D eigenvalue weighted by Crippen LogP contribution is -2.26. The first kappa shape index (κ1) is 11.5. The van der Waals surface area contributed by atoms with Crippen molar-refractivity contribution >= 4 is 11.5 Å². The number of benzene rings is 2. The molecule has 0 saturated heterocycles. The predicted octanol–water partition coefficient (Wildman–Crippen LogP) is 2.36. The van der Waals surface area contributed by atoms with Crippen molar-refractivity contribution in [2.24, 2.45) is 10.7 Å². The van der Waals surface area contributed by atoms with Gasteiger partial charge in [0.2, 0.25) is 0 Å². The lowest BCUT2D eigenvalue weighted by Gasteiger charge is -2.24. The van der Waals surface area contributed by atoms with Crippen molar-refractivity contribution in [3.63, 3.8) is 0 Å². The van der Waals surface area contributed by atoms with Crippen molar-refractivity contribution in [1.29, 1.82) is 0 Å². The molecule has 0 saturated carbocycles. The highest BCUT2D eigenvalue weighted by atomic mass is 19.1. The number of fused-ring (bicyclic) bond motifs is 1. The average molecular weight is 257 g/mol. The normalized spacial score (nSPS) is 17.3. The van der Waals surface area contributed by atoms with Gasteiger partial charge < -0.3 is 16.2 Å². The van der Waals surface area contributed by atoms with Crippen LogP contribution in [0.15, 0.2) is 47.5 Å². The number of anilines is 1. The number of para-hydroxylation sites is 1. The summed E-state index contributed by atoms with van der Waals surface area (Å²) in [4.78, 5) is 4.20. The molecule has 0 fully saturated rings. The van der Waals surface area contributed by atoms with Crippen LogP contribution in [0.1, 0.15) is 17.3 Å². The summed E-state index contributed by atoms with van der Waals surface area (Å²) in [6, 6.07) is 11.5. The second kappa shape index (κ2) is 4.28. The third kappa shape index (κ3) is 1.89. The van der Waals surface area contributed by atoms with Gasteiger partial charge in [-0.05, 0) is 18.2 Å². The minimum atomic E-state index is -0.518. The molecule has 5 heteroatoms. The first-order valence-corrected chi connectivity index (χ1v) is 5.83. The van der Waals surface area contributed by atoms with E-state index in [0.29, 0.717) is 11.3 Å². The van der Waals surface area contributed by atoms with Gasteiger partial charge in [0.15, 0.2) is 6.17 Å². The van der Waals surface area contributed by atoms with Crippen LogP contribution in [0.4, 0.5) is 10.1 Å². The molecule has 0 spiro atoms. The maximum atomic E-state index is 13.7. The second-order valence-electron chi connectivity index (χ2n) is 4.28. The van der Waals surface area contributed by atoms with Gasteiger partial charge >= 0.3 is 0 Å². The Morgan fingerprint density at radius 1 is 1.16 bits per heavy atom. The Kier molecular flexibility index (Phi) is 2.59. The number of phenolic OH excluding ortho intramolecular Hbond substituents is 1. The summed E-state index contributed by atoms with van der Waals surface area (Å²) in [6.45, 7) is 0. The Bertz CT molecular complexity index is 669. The summed E-state index contributed by atoms with van der Waals surface area (Å²) in [5, 5.41) is 12.9. The molecule has 1 aliphatic heterocycles. The van der Waals surface area contributed by atoms with Crippen molar-refractivity contribution in [2.75, 3.05) is 5.32 Å². The third-order valence-electron chi connectivity index (χ3n) is 3.06. The Labute approximate surface area is 109 Å². The molecule has 96 valence electrons. The number of rotatable bonds is 1. The molecule has 1 atom stereocenters. The fraction of sp³-hybridized carbons (Fsp3) is 0.0714. The van der Waals surface area contributed by atoms with E-state index in [9.17, 15) is 9.50 Å². The van der Waals surface area contributed by atoms with E-state index in [2.05, 4.69) is 10.3 Å². The van der Waals surface area contributed by atoms with Crippen LogP contribution in [0.2, 0.25) is 0 Å². The van der Waals surface area contributed by atoms with Gasteiger partial charge in [-0.1, -0.05) is 24.3 Å². The summed E-state index contributed by atoms with van der Waals surface area (Å²) in [6.07, 6.45) is -0.518. The molecule has 4 nitrogen and oxygen atoms in total. The van der Waals surface area contributed by atoms with Gasteiger partial charge in [-0.3, -0.25) is 0 Å². The minimum Gasteiger partial charge on any atom is -0.508 e. The molecule has 19 heavy (non-hydrogen) atoms. The lowest BCUT2D eigenvalue weighted by molar-refractivity contribution is 0.464. The number of halogens is 1. The molecular formula is C14H12FN3O. The SMILES string of the molecule is NC1=NC(c2ccccc2O)Nc2cccc(F)c21. The summed E-state index contributed by atoms with van der Waals surface area (Å²) < 4.78 is 13.7. The quantitative estimate of drug-likeness (QED) is 0.734. The highest BCUT2D eigenvalue weighted by molar-refractivity contribution is 6.04. The summed E-state index contributed by atoms with van der Waals surface area (Å²) in [5.41, 5.74) is 7.25. The summed E-state index contributed by atoms with van der Waals surface area (Å²) in [7, 11) is 0. The van der Waals surface area contributed by atoms with Crippen LogP contribution in [0.5, 0.6) is 5.75 Å². The van der Waals surface area contributed by atoms with Gasteiger partial charge in [0, 0.05) is 11.3 Å². The smallest absolute Gasteiger partial charge is 0.150 e. The zero-order valence-corrected chi connectivity index (χ0v) is 9.97. The standard InChI is InChI=1S/C14H12FN3O/c15-9-5-3-6-10-12(9)13(16)18-14(17-10)8-4-1-2-7-11(8)19/h1-7,14,17,19H,(H2,16,18). The number of aliphatic imine (C=N–C) groups is 1. The van der Waals surface area contributed by atoms with E-state index in [4.69, 9.17) is 5.73 Å². The van der Waals surface area contributed by atoms with E-state index in [-0.39, 0.29) is 17.1 Å². The van der Waals surface area contributed by atoms with E-state index >= 15 is 0 Å². The fourth-order valence-corrected chi connectivity index (χ4v) is 2.15. The molecular weight excluding hydrogens is 245 g/mol. The van der Waals surface area contributed by atoms with Crippen molar-refractivity contribution in [3.8, 4) is 5.75 Å². The number of hydrogen-bond donors (Lipinski definition) is 3. The molecule has 0 bridgehead atoms. The number of nitrogens with zero attached hydrogens (tertiary/aromatic N) is 1. The Balaban J connectivity index is 2.07. The minimum absolute atomic E-state index is 0.122. The summed E-state index contributed by atoms with van der Waals surface area (Å²) >= 11 is 0. The number of aromatic hydroxyl groups is 1. The number of nitrogens with one attached hydrogen (secondary N) is 1. The number of phenols is 1. The van der Waals surface area contributed by atoms with Crippen LogP contribution in [-0.2, 0) is 0 Å². The van der Waals surface area contributed by atoms with Gasteiger partial charge in [-0.25, -0.2) is 9.38 Å². The van der Waals surface area contributed by atoms with Gasteiger partial charge in [0.1, 0.15) is 17.4 Å². The van der Waals surface area contributed by atoms with Crippen LogP contribution in [0.25, 0.3) is 0 Å². The zero-order chi connectivity index (χ0) is 13.4. The van der Waals surface area contributed by atoms with Crippen LogP contribution < -0.4 is 11.1 Å². The molecule has 4 N–H and O–H groups in total. The van der Waals surface area contributed by atoms with Crippen LogP contribution in [0.3, 0.4) is 0 Å². The Hall–Kier alpha value is -2.56. The Morgan fingerprint density at radius 3 is 2.74 bits per heavy atom. The molecule has 2 aromatic rings. The molecule has 0 aromatic heterocycles. The number of amidine groups is 1. The highest BCUT2D eigenvalue weighted by Gasteiger charge is 2.23. The van der Waals surface area contributed by atoms with Gasteiger partial charge in [0.05, 0.1) is 5.56 Å². The van der Waals surface area contributed by atoms with Crippen LogP contribution in [0, 0.1) is 5.82 Å². The van der Waals surface area contributed by atoms with Gasteiger partial charge in [0.25, 0.3) is 0 Å². The van der Waals surface area contributed by atoms with Crippen molar-refractivity contribution in [3.05, 3.63) is 59.4 Å². The largest absolute Gasteiger partial charge is 0.508 e. The van der Waals surface area contributed by atoms with E-state index in [1.165, 1.54) is 6.07 Å². The fourth-order valence-electron chi connectivity index (χ4n) is 2.15. The predicted molar refractivity (Wildman–Crippen MR) is 71.6 cm³/mol. The first-order chi connectivity index (χ1) is 9.16. The topological polar surface area (TPSA) is 70.6 Å². The number of nitrogens with two attached hydrogens (primary N) is 1. The third-order valence-corrected chi connectivity index (χ3v) is 3.06. The molecule has 3 rings (SSSR count). The van der Waals surface area contributed by atoms with E-state index in [1.54, 1.807) is 36.4 Å². The first-order valence-electron chi connectivity index (χ1n) is 5.83. The number of hydrogen-bond acceptors (Lipinski definition) is 4. The summed E-state index contributed by atoms with van der Waals surface area (Å²) in [5.74, 6) is -0.168. The lowest BCUT2D eigenvalue weighted by atomic mass is 10.1. The van der Waals surface area contributed by atoms with Crippen LogP contribution in [-0.4, -0.2) is 10.9 Å². The van der Waals surface area contributed by atoms with Crippen LogP contribution >= 0.6 is 0 Å². The molecule has 2 aromatic carbocycles. The zero-order valence-electron chi connectivity index (χ0n) is 9.97. The maximum Gasteiger partial charge on any atom is 0.150 e. The monoisotopic (exact) mass is 257 g/mol. The molecule has 1 aliphatic rings. The van der Waals surface area contributed by atoms with E-state index in [1.807, 2.05) is 0 Å². The Morgan fingerprint density at radius 2 is 1.95 bits per heavy atom. The molecule has 0 amide bonds. The highest BCUT2D eigenvalue weighted by Crippen LogP contribution is 2.33. The van der Waals surface area contributed by atoms with Crippen molar-refractivity contribution in [2.45, 2.75) is 6.17 Å². The second-order valence-corrected chi connectivity index (χ2v) is 4.28.